The van der Waals surface area contributed by atoms with E-state index in [0.29, 0.717) is 0 Å². The summed E-state index contributed by atoms with van der Waals surface area (Å²) in [5.41, 5.74) is 2.87. The van der Waals surface area contributed by atoms with E-state index in [2.05, 4.69) is 10.3 Å². The van der Waals surface area contributed by atoms with Gasteiger partial charge < -0.3 is 10.4 Å². The highest BCUT2D eigenvalue weighted by atomic mass is 32.1. The Bertz CT molecular complexity index is 823. The molecule has 0 spiro atoms. The molecule has 0 radical (unpaired) electrons. The number of nitrogens with zero attached hydrogens (tertiary/aromatic N) is 2. The number of aromatic nitrogens is 2. The van der Waals surface area contributed by atoms with Gasteiger partial charge in [0.05, 0.1) is 24.8 Å². The van der Waals surface area contributed by atoms with E-state index < -0.39 is 0 Å². The Hall–Kier alpha value is -2.18. The zero-order chi connectivity index (χ0) is 17.1. The quantitative estimate of drug-likeness (QED) is 0.723. The van der Waals surface area contributed by atoms with Gasteiger partial charge in [0.15, 0.2) is 4.96 Å². The maximum atomic E-state index is 12.3. The van der Waals surface area contributed by atoms with E-state index in [1.165, 1.54) is 11.3 Å². The fourth-order valence-electron chi connectivity index (χ4n) is 2.55. The molecule has 0 aliphatic carbocycles. The van der Waals surface area contributed by atoms with Crippen molar-refractivity contribution in [3.63, 3.8) is 0 Å². The molecule has 0 fully saturated rings. The van der Waals surface area contributed by atoms with Gasteiger partial charge in [-0.15, -0.1) is 11.3 Å². The lowest BCUT2D eigenvalue weighted by atomic mass is 10.1. The molecule has 6 heteroatoms. The van der Waals surface area contributed by atoms with Crippen LogP contribution in [0.5, 0.6) is 0 Å². The molecular formula is C18H21N3O2S. The van der Waals surface area contributed by atoms with Gasteiger partial charge in [-0.3, -0.25) is 9.20 Å². The summed E-state index contributed by atoms with van der Waals surface area (Å²) in [5.74, 6) is 0.108. The Morgan fingerprint density at radius 1 is 1.33 bits per heavy atom. The highest BCUT2D eigenvalue weighted by molar-refractivity contribution is 7.15. The largest absolute Gasteiger partial charge is 0.394 e. The van der Waals surface area contributed by atoms with Gasteiger partial charge in [0.25, 0.3) is 0 Å². The fourth-order valence-corrected chi connectivity index (χ4v) is 3.42. The van der Waals surface area contributed by atoms with Gasteiger partial charge in [-0.25, -0.2) is 4.98 Å². The van der Waals surface area contributed by atoms with E-state index >= 15 is 0 Å². The van der Waals surface area contributed by atoms with Gasteiger partial charge in [0.2, 0.25) is 5.91 Å². The second-order valence-corrected chi connectivity index (χ2v) is 6.99. The SMILES string of the molecule is CC(C)[C@@H](CO)NC(=O)Cc1csc2nc(-c3ccccc3)cn12. The van der Waals surface area contributed by atoms with E-state index in [4.69, 9.17) is 0 Å². The second-order valence-electron chi connectivity index (χ2n) is 6.15. The molecule has 1 amide bonds. The van der Waals surface area contributed by atoms with Crippen LogP contribution in [-0.4, -0.2) is 33.0 Å². The average molecular weight is 343 g/mol. The van der Waals surface area contributed by atoms with Crippen molar-refractivity contribution in [3.05, 3.63) is 47.6 Å². The summed E-state index contributed by atoms with van der Waals surface area (Å²) in [6.45, 7) is 3.91. The summed E-state index contributed by atoms with van der Waals surface area (Å²) in [7, 11) is 0. The predicted molar refractivity (Wildman–Crippen MR) is 96.1 cm³/mol. The number of aliphatic hydroxyl groups excluding tert-OH is 1. The number of nitrogens with one attached hydrogen (secondary N) is 1. The molecule has 24 heavy (non-hydrogen) atoms. The lowest BCUT2D eigenvalue weighted by Gasteiger charge is -2.19. The maximum absolute atomic E-state index is 12.3. The molecule has 1 atom stereocenters. The lowest BCUT2D eigenvalue weighted by molar-refractivity contribution is -0.121. The van der Waals surface area contributed by atoms with E-state index in [-0.39, 0.29) is 30.9 Å². The number of benzene rings is 1. The predicted octanol–water partition coefficient (Wildman–Crippen LogP) is 2.74. The second kappa shape index (κ2) is 7.15. The molecular weight excluding hydrogens is 322 g/mol. The molecule has 1 aromatic carbocycles. The van der Waals surface area contributed by atoms with Crippen molar-refractivity contribution < 1.29 is 9.90 Å². The van der Waals surface area contributed by atoms with E-state index in [1.54, 1.807) is 0 Å². The molecule has 3 aromatic rings. The maximum Gasteiger partial charge on any atom is 0.226 e. The monoisotopic (exact) mass is 343 g/mol. The number of imidazole rings is 1. The number of hydrogen-bond donors (Lipinski definition) is 2. The van der Waals surface area contributed by atoms with E-state index in [0.717, 1.165) is 21.9 Å². The Morgan fingerprint density at radius 2 is 2.08 bits per heavy atom. The van der Waals surface area contributed by atoms with Crippen LogP contribution in [0.1, 0.15) is 19.5 Å². The first-order valence-electron chi connectivity index (χ1n) is 7.99. The van der Waals surface area contributed by atoms with Crippen molar-refractivity contribution in [3.8, 4) is 11.3 Å². The van der Waals surface area contributed by atoms with E-state index in [1.807, 2.05) is 60.2 Å². The summed E-state index contributed by atoms with van der Waals surface area (Å²) >= 11 is 1.52. The first-order valence-corrected chi connectivity index (χ1v) is 8.87. The third-order valence-electron chi connectivity index (χ3n) is 4.04. The molecule has 0 saturated heterocycles. The number of aliphatic hydroxyl groups is 1. The van der Waals surface area contributed by atoms with Crippen LogP contribution in [0.25, 0.3) is 16.2 Å². The van der Waals surface area contributed by atoms with Crippen molar-refractivity contribution in [2.75, 3.05) is 6.61 Å². The van der Waals surface area contributed by atoms with Crippen molar-refractivity contribution in [2.24, 2.45) is 5.92 Å². The smallest absolute Gasteiger partial charge is 0.226 e. The number of thiazole rings is 1. The average Bonchev–Trinajstić information content (AvgIpc) is 3.15. The van der Waals surface area contributed by atoms with Crippen molar-refractivity contribution >= 4 is 22.2 Å². The van der Waals surface area contributed by atoms with Crippen LogP contribution in [-0.2, 0) is 11.2 Å². The third-order valence-corrected chi connectivity index (χ3v) is 4.93. The summed E-state index contributed by atoms with van der Waals surface area (Å²) in [5, 5.41) is 14.2. The van der Waals surface area contributed by atoms with Gasteiger partial charge in [0, 0.05) is 22.8 Å². The van der Waals surface area contributed by atoms with Crippen molar-refractivity contribution in [1.29, 1.82) is 0 Å². The number of rotatable bonds is 6. The molecule has 3 rings (SSSR count). The summed E-state index contributed by atoms with van der Waals surface area (Å²) < 4.78 is 1.97. The first-order chi connectivity index (χ1) is 11.6. The van der Waals surface area contributed by atoms with Gasteiger partial charge in [0.1, 0.15) is 0 Å². The number of hydrogen-bond acceptors (Lipinski definition) is 4. The van der Waals surface area contributed by atoms with Gasteiger partial charge in [-0.1, -0.05) is 44.2 Å². The summed E-state index contributed by atoms with van der Waals surface area (Å²) in [6.07, 6.45) is 2.24. The molecule has 0 bridgehead atoms. The number of amides is 1. The highest BCUT2D eigenvalue weighted by Crippen LogP contribution is 2.23. The highest BCUT2D eigenvalue weighted by Gasteiger charge is 2.17. The topological polar surface area (TPSA) is 66.6 Å². The molecule has 0 unspecified atom stereocenters. The number of carbonyl (C=O) groups excluding carboxylic acids is 1. The van der Waals surface area contributed by atoms with Crippen LogP contribution in [0.3, 0.4) is 0 Å². The summed E-state index contributed by atoms with van der Waals surface area (Å²) in [6, 6.07) is 9.77. The minimum atomic E-state index is -0.214. The van der Waals surface area contributed by atoms with Crippen molar-refractivity contribution in [2.45, 2.75) is 26.3 Å². The third kappa shape index (κ3) is 3.49. The Labute approximate surface area is 145 Å². The molecule has 126 valence electrons. The van der Waals surface area contributed by atoms with Gasteiger partial charge in [-0.05, 0) is 5.92 Å². The molecule has 5 nitrogen and oxygen atoms in total. The molecule has 2 heterocycles. The van der Waals surface area contributed by atoms with Crippen LogP contribution in [0.2, 0.25) is 0 Å². The number of fused-ring (bicyclic) bond motifs is 1. The fraction of sp³-hybridized carbons (Fsp3) is 0.333. The molecule has 2 aromatic heterocycles. The lowest BCUT2D eigenvalue weighted by Crippen LogP contribution is -2.41. The standard InChI is InChI=1S/C18H21N3O2S/c1-12(2)16(10-22)19-17(23)8-14-11-24-18-20-15(9-21(14)18)13-6-4-3-5-7-13/h3-7,9,11-12,16,22H,8,10H2,1-2H3,(H,19,23)/t16-/m1/s1. The molecule has 0 saturated carbocycles. The van der Waals surface area contributed by atoms with Crippen LogP contribution < -0.4 is 5.32 Å². The molecule has 0 aliphatic rings. The zero-order valence-electron chi connectivity index (χ0n) is 13.8. The minimum Gasteiger partial charge on any atom is -0.394 e. The van der Waals surface area contributed by atoms with Crippen molar-refractivity contribution in [1.82, 2.24) is 14.7 Å². The van der Waals surface area contributed by atoms with Crippen LogP contribution >= 0.6 is 11.3 Å². The van der Waals surface area contributed by atoms with Gasteiger partial charge >= 0.3 is 0 Å². The van der Waals surface area contributed by atoms with Gasteiger partial charge in [-0.2, -0.15) is 0 Å². The first kappa shape index (κ1) is 16.7. The molecule has 0 aliphatic heterocycles. The minimum absolute atomic E-state index is 0.0499. The van der Waals surface area contributed by atoms with Crippen LogP contribution in [0, 0.1) is 5.92 Å². The van der Waals surface area contributed by atoms with E-state index in [9.17, 15) is 9.90 Å². The van der Waals surface area contributed by atoms with Crippen LogP contribution in [0.15, 0.2) is 41.9 Å². The Morgan fingerprint density at radius 3 is 2.75 bits per heavy atom. The zero-order valence-corrected chi connectivity index (χ0v) is 14.6. The Balaban J connectivity index is 1.78. The van der Waals surface area contributed by atoms with Crippen LogP contribution in [0.4, 0.5) is 0 Å². The molecule has 2 N–H and O–H groups in total. The Kier molecular flexibility index (Phi) is 4.97. The normalized spacial score (nSPS) is 12.7. The summed E-state index contributed by atoms with van der Waals surface area (Å²) in [4.78, 5) is 17.8. The number of carbonyl (C=O) groups is 1.